The third-order valence-corrected chi connectivity index (χ3v) is 2.61. The van der Waals surface area contributed by atoms with Crippen LogP contribution in [-0.2, 0) is 9.53 Å². The van der Waals surface area contributed by atoms with Gasteiger partial charge >= 0.3 is 0 Å². The number of fused-ring (bicyclic) bond motifs is 2. The predicted molar refractivity (Wildman–Crippen MR) is 74.1 cm³/mol. The molecule has 0 radical (unpaired) electrons. The average molecular weight is 257 g/mol. The predicted octanol–water partition coefficient (Wildman–Crippen LogP) is 3.63. The number of methoxy groups -OCH3 is 1. The molecule has 0 spiro atoms. The van der Waals surface area contributed by atoms with Gasteiger partial charge < -0.3 is 14.8 Å². The SMILES string of the molecule is COC=O.Cc1ccc2c(c1)Oc1ccccc1N2. The first kappa shape index (κ1) is 13.0. The number of benzene rings is 2. The van der Waals surface area contributed by atoms with E-state index in [9.17, 15) is 0 Å². The number of para-hydroxylation sites is 2. The molecule has 98 valence electrons. The van der Waals surface area contributed by atoms with Gasteiger partial charge in [0.2, 0.25) is 0 Å². The van der Waals surface area contributed by atoms with Crippen LogP contribution in [0.3, 0.4) is 0 Å². The lowest BCUT2D eigenvalue weighted by atomic mass is 10.1. The first-order valence-corrected chi connectivity index (χ1v) is 5.85. The van der Waals surface area contributed by atoms with Gasteiger partial charge in [-0.1, -0.05) is 18.2 Å². The molecule has 1 aliphatic rings. The van der Waals surface area contributed by atoms with Crippen LogP contribution < -0.4 is 10.1 Å². The third kappa shape index (κ3) is 3.04. The molecule has 0 unspecified atom stereocenters. The molecule has 3 rings (SSSR count). The molecule has 0 bridgehead atoms. The number of anilines is 2. The summed E-state index contributed by atoms with van der Waals surface area (Å²) in [6, 6.07) is 14.1. The van der Waals surface area contributed by atoms with Crippen LogP contribution in [0.25, 0.3) is 0 Å². The molecule has 2 aromatic carbocycles. The van der Waals surface area contributed by atoms with E-state index in [1.165, 1.54) is 12.7 Å². The van der Waals surface area contributed by atoms with Gasteiger partial charge in [-0.05, 0) is 36.8 Å². The van der Waals surface area contributed by atoms with E-state index in [0.717, 1.165) is 22.9 Å². The lowest BCUT2D eigenvalue weighted by Gasteiger charge is -2.21. The lowest BCUT2D eigenvalue weighted by Crippen LogP contribution is -2.02. The van der Waals surface area contributed by atoms with E-state index in [2.05, 4.69) is 23.0 Å². The van der Waals surface area contributed by atoms with Crippen molar-refractivity contribution < 1.29 is 14.3 Å². The van der Waals surface area contributed by atoms with Crippen LogP contribution in [0.4, 0.5) is 11.4 Å². The number of hydrogen-bond acceptors (Lipinski definition) is 4. The summed E-state index contributed by atoms with van der Waals surface area (Å²) < 4.78 is 9.66. The molecule has 0 aromatic heterocycles. The maximum absolute atomic E-state index is 8.95. The summed E-state index contributed by atoms with van der Waals surface area (Å²) in [7, 11) is 1.31. The van der Waals surface area contributed by atoms with Crippen LogP contribution >= 0.6 is 0 Å². The zero-order valence-corrected chi connectivity index (χ0v) is 10.8. The van der Waals surface area contributed by atoms with Crippen molar-refractivity contribution >= 4 is 17.8 Å². The van der Waals surface area contributed by atoms with E-state index in [1.54, 1.807) is 0 Å². The zero-order valence-electron chi connectivity index (χ0n) is 10.8. The van der Waals surface area contributed by atoms with Crippen LogP contribution in [0.2, 0.25) is 0 Å². The molecule has 1 aliphatic heterocycles. The molecule has 0 saturated heterocycles. The van der Waals surface area contributed by atoms with E-state index < -0.39 is 0 Å². The molecule has 4 nitrogen and oxygen atoms in total. The minimum atomic E-state index is 0.375. The monoisotopic (exact) mass is 257 g/mol. The topological polar surface area (TPSA) is 47.6 Å². The number of ether oxygens (including phenoxy) is 2. The molecule has 19 heavy (non-hydrogen) atoms. The van der Waals surface area contributed by atoms with Crippen molar-refractivity contribution in [2.75, 3.05) is 12.4 Å². The first-order valence-electron chi connectivity index (χ1n) is 5.85. The number of nitrogens with one attached hydrogen (secondary N) is 1. The van der Waals surface area contributed by atoms with Gasteiger partial charge in [-0.2, -0.15) is 0 Å². The second kappa shape index (κ2) is 5.91. The van der Waals surface area contributed by atoms with Gasteiger partial charge in [0.15, 0.2) is 11.5 Å². The Morgan fingerprint density at radius 3 is 2.53 bits per heavy atom. The molecular formula is C15H15NO3. The minimum absolute atomic E-state index is 0.375. The Bertz CT molecular complexity index is 581. The summed E-state index contributed by atoms with van der Waals surface area (Å²) in [6.07, 6.45) is 0. The molecule has 4 heteroatoms. The Balaban J connectivity index is 0.000000297. The van der Waals surface area contributed by atoms with Gasteiger partial charge in [-0.15, -0.1) is 0 Å². The normalized spacial score (nSPS) is 10.6. The minimum Gasteiger partial charge on any atom is -0.471 e. The van der Waals surface area contributed by atoms with Crippen LogP contribution in [0.15, 0.2) is 42.5 Å². The van der Waals surface area contributed by atoms with E-state index in [0.29, 0.717) is 6.47 Å². The van der Waals surface area contributed by atoms with Crippen molar-refractivity contribution in [1.29, 1.82) is 0 Å². The summed E-state index contributed by atoms with van der Waals surface area (Å²) in [5.74, 6) is 1.78. The fourth-order valence-corrected chi connectivity index (χ4v) is 1.74. The third-order valence-electron chi connectivity index (χ3n) is 2.61. The van der Waals surface area contributed by atoms with Crippen molar-refractivity contribution in [3.05, 3.63) is 48.0 Å². The highest BCUT2D eigenvalue weighted by molar-refractivity contribution is 5.75. The van der Waals surface area contributed by atoms with Crippen LogP contribution in [0, 0.1) is 6.92 Å². The van der Waals surface area contributed by atoms with Crippen molar-refractivity contribution in [3.63, 3.8) is 0 Å². The van der Waals surface area contributed by atoms with Gasteiger partial charge in [-0.3, -0.25) is 4.79 Å². The highest BCUT2D eigenvalue weighted by Crippen LogP contribution is 2.41. The quantitative estimate of drug-likeness (QED) is 0.676. The van der Waals surface area contributed by atoms with E-state index in [4.69, 9.17) is 9.53 Å². The molecule has 0 amide bonds. The van der Waals surface area contributed by atoms with Crippen LogP contribution in [0.1, 0.15) is 5.56 Å². The Morgan fingerprint density at radius 1 is 1.11 bits per heavy atom. The van der Waals surface area contributed by atoms with E-state index in [-0.39, 0.29) is 0 Å². The van der Waals surface area contributed by atoms with Crippen molar-refractivity contribution in [2.24, 2.45) is 0 Å². The summed E-state index contributed by atoms with van der Waals surface area (Å²) in [5, 5.41) is 3.34. The fourth-order valence-electron chi connectivity index (χ4n) is 1.74. The van der Waals surface area contributed by atoms with Crippen LogP contribution in [-0.4, -0.2) is 13.6 Å². The maximum Gasteiger partial charge on any atom is 0.292 e. The summed E-state index contributed by atoms with van der Waals surface area (Å²) in [5.41, 5.74) is 3.25. The average Bonchev–Trinajstić information content (AvgIpc) is 2.45. The molecule has 1 heterocycles. The standard InChI is InChI=1S/C13H11NO.C2H4O2/c1-9-6-7-11-13(8-9)15-12-5-3-2-4-10(12)14-11;1-4-2-3/h2-8,14H,1H3;2H,1H3. The number of aryl methyl sites for hydroxylation is 1. The number of rotatable bonds is 1. The lowest BCUT2D eigenvalue weighted by molar-refractivity contribution is -0.126. The largest absolute Gasteiger partial charge is 0.471 e. The van der Waals surface area contributed by atoms with E-state index in [1.807, 2.05) is 36.4 Å². The van der Waals surface area contributed by atoms with Crippen LogP contribution in [0.5, 0.6) is 11.5 Å². The van der Waals surface area contributed by atoms with Gasteiger partial charge in [0.1, 0.15) is 0 Å². The fraction of sp³-hybridized carbons (Fsp3) is 0.133. The molecule has 0 aliphatic carbocycles. The van der Waals surface area contributed by atoms with Gasteiger partial charge in [0.05, 0.1) is 18.5 Å². The van der Waals surface area contributed by atoms with Gasteiger partial charge in [0.25, 0.3) is 6.47 Å². The highest BCUT2D eigenvalue weighted by atomic mass is 16.5. The molecule has 1 N–H and O–H groups in total. The summed E-state index contributed by atoms with van der Waals surface area (Å²) >= 11 is 0. The Hall–Kier alpha value is -2.49. The molecule has 0 fully saturated rings. The summed E-state index contributed by atoms with van der Waals surface area (Å²) in [6.45, 7) is 2.43. The number of hydrogen-bond donors (Lipinski definition) is 1. The maximum atomic E-state index is 8.95. The molecular weight excluding hydrogens is 242 g/mol. The first-order chi connectivity index (χ1) is 9.24. The Kier molecular flexibility index (Phi) is 4.03. The molecule has 2 aromatic rings. The Morgan fingerprint density at radius 2 is 1.79 bits per heavy atom. The zero-order chi connectivity index (χ0) is 13.7. The van der Waals surface area contributed by atoms with Crippen molar-refractivity contribution in [1.82, 2.24) is 0 Å². The van der Waals surface area contributed by atoms with Gasteiger partial charge in [0, 0.05) is 0 Å². The summed E-state index contributed by atoms with van der Waals surface area (Å²) in [4.78, 5) is 8.95. The second-order valence-corrected chi connectivity index (χ2v) is 4.05. The smallest absolute Gasteiger partial charge is 0.292 e. The number of carbonyl (C=O) groups excluding carboxylic acids is 1. The second-order valence-electron chi connectivity index (χ2n) is 4.05. The number of carbonyl (C=O) groups is 1. The van der Waals surface area contributed by atoms with Crippen molar-refractivity contribution in [3.8, 4) is 11.5 Å². The molecule has 0 saturated carbocycles. The van der Waals surface area contributed by atoms with E-state index >= 15 is 0 Å². The highest BCUT2D eigenvalue weighted by Gasteiger charge is 2.14. The van der Waals surface area contributed by atoms with Crippen molar-refractivity contribution in [2.45, 2.75) is 6.92 Å². The Labute approximate surface area is 112 Å². The molecule has 0 atom stereocenters. The van der Waals surface area contributed by atoms with Gasteiger partial charge in [-0.25, -0.2) is 0 Å².